The molecule has 0 radical (unpaired) electrons. The molecule has 2 rings (SSSR count). The highest BCUT2D eigenvalue weighted by Crippen LogP contribution is 2.29. The van der Waals surface area contributed by atoms with E-state index < -0.39 is 5.97 Å². The third-order valence-corrected chi connectivity index (χ3v) is 4.16. The molecule has 1 heterocycles. The summed E-state index contributed by atoms with van der Waals surface area (Å²) in [5.74, 6) is -0.0903. The van der Waals surface area contributed by atoms with Crippen molar-refractivity contribution in [3.8, 4) is 0 Å². The van der Waals surface area contributed by atoms with Gasteiger partial charge in [-0.25, -0.2) is 4.98 Å². The molecule has 2 N–H and O–H groups in total. The third-order valence-electron chi connectivity index (χ3n) is 3.34. The molecule has 1 aliphatic rings. The van der Waals surface area contributed by atoms with Crippen molar-refractivity contribution >= 4 is 22.4 Å². The van der Waals surface area contributed by atoms with Gasteiger partial charge in [0.15, 0.2) is 5.13 Å². The maximum atomic E-state index is 10.6. The summed E-state index contributed by atoms with van der Waals surface area (Å²) in [6.07, 6.45) is 5.26. The van der Waals surface area contributed by atoms with Crippen molar-refractivity contribution < 1.29 is 9.90 Å². The van der Waals surface area contributed by atoms with Gasteiger partial charge in [-0.15, -0.1) is 11.3 Å². The monoisotopic (exact) mass is 254 g/mol. The van der Waals surface area contributed by atoms with E-state index in [2.05, 4.69) is 17.2 Å². The minimum atomic E-state index is -0.828. The van der Waals surface area contributed by atoms with Gasteiger partial charge >= 0.3 is 5.97 Å². The van der Waals surface area contributed by atoms with Gasteiger partial charge in [-0.1, -0.05) is 12.8 Å². The number of thiazole rings is 1. The summed E-state index contributed by atoms with van der Waals surface area (Å²) in [6, 6.07) is 0.432. The van der Waals surface area contributed by atoms with Gasteiger partial charge < -0.3 is 10.4 Å². The van der Waals surface area contributed by atoms with Gasteiger partial charge in [0.1, 0.15) is 0 Å². The van der Waals surface area contributed by atoms with Crippen molar-refractivity contribution in [1.82, 2.24) is 4.98 Å². The van der Waals surface area contributed by atoms with Crippen LogP contribution < -0.4 is 5.32 Å². The topological polar surface area (TPSA) is 62.2 Å². The van der Waals surface area contributed by atoms with Crippen LogP contribution in [0, 0.1) is 5.92 Å². The van der Waals surface area contributed by atoms with Crippen molar-refractivity contribution in [2.45, 2.75) is 45.1 Å². The minimum absolute atomic E-state index is 0.00991. The van der Waals surface area contributed by atoms with Crippen molar-refractivity contribution in [3.63, 3.8) is 0 Å². The molecule has 5 heteroatoms. The third kappa shape index (κ3) is 3.43. The number of nitrogens with zero attached hydrogens (tertiary/aromatic N) is 1. The summed E-state index contributed by atoms with van der Waals surface area (Å²) in [4.78, 5) is 14.8. The number of carboxylic acid groups (broad SMARTS) is 1. The van der Waals surface area contributed by atoms with Crippen LogP contribution in [0.2, 0.25) is 0 Å². The lowest BCUT2D eigenvalue weighted by molar-refractivity contribution is -0.136. The first-order valence-electron chi connectivity index (χ1n) is 6.08. The molecule has 1 aromatic rings. The molecule has 0 spiro atoms. The Kier molecular flexibility index (Phi) is 3.99. The first-order chi connectivity index (χ1) is 8.15. The lowest BCUT2D eigenvalue weighted by Crippen LogP contribution is -2.23. The van der Waals surface area contributed by atoms with Crippen LogP contribution in [0.5, 0.6) is 0 Å². The highest BCUT2D eigenvalue weighted by molar-refractivity contribution is 7.13. The predicted octanol–water partition coefficient (Wildman–Crippen LogP) is 2.76. The first kappa shape index (κ1) is 12.4. The largest absolute Gasteiger partial charge is 0.481 e. The van der Waals surface area contributed by atoms with Gasteiger partial charge in [0.25, 0.3) is 0 Å². The van der Waals surface area contributed by atoms with Crippen molar-refractivity contribution in [2.24, 2.45) is 5.92 Å². The zero-order valence-electron chi connectivity index (χ0n) is 9.98. The lowest BCUT2D eigenvalue weighted by atomic mass is 10.0. The van der Waals surface area contributed by atoms with Crippen molar-refractivity contribution in [2.75, 3.05) is 5.32 Å². The fraction of sp³-hybridized carbons (Fsp3) is 0.667. The quantitative estimate of drug-likeness (QED) is 0.848. The first-order valence-corrected chi connectivity index (χ1v) is 6.96. The van der Waals surface area contributed by atoms with Crippen LogP contribution >= 0.6 is 11.3 Å². The number of rotatable bonds is 5. The summed E-state index contributed by atoms with van der Waals surface area (Å²) >= 11 is 1.49. The average Bonchev–Trinajstić information content (AvgIpc) is 2.87. The Bertz CT molecular complexity index is 386. The number of carboxylic acids is 1. The lowest BCUT2D eigenvalue weighted by Gasteiger charge is -2.19. The van der Waals surface area contributed by atoms with Gasteiger partial charge in [-0.05, 0) is 25.7 Å². The van der Waals surface area contributed by atoms with Crippen LogP contribution in [0.1, 0.15) is 38.3 Å². The summed E-state index contributed by atoms with van der Waals surface area (Å²) in [7, 11) is 0. The van der Waals surface area contributed by atoms with E-state index in [0.717, 1.165) is 11.0 Å². The van der Waals surface area contributed by atoms with Crippen LogP contribution in [-0.2, 0) is 11.2 Å². The number of nitrogens with one attached hydrogen (secondary N) is 1. The molecule has 94 valence electrons. The Labute approximate surface area is 105 Å². The number of anilines is 1. The summed E-state index contributed by atoms with van der Waals surface area (Å²) in [5.41, 5.74) is 0.642. The molecule has 1 saturated carbocycles. The Morgan fingerprint density at radius 1 is 1.65 bits per heavy atom. The highest BCUT2D eigenvalue weighted by atomic mass is 32.1. The minimum Gasteiger partial charge on any atom is -0.481 e. The molecule has 0 amide bonds. The standard InChI is InChI=1S/C12H18N2O2S/c1-8(9-4-2-3-5-9)13-12-14-10(7-17-12)6-11(15)16/h7-9H,2-6H2,1H3,(H,13,14)(H,15,16). The maximum Gasteiger partial charge on any atom is 0.309 e. The molecule has 0 aromatic carbocycles. The fourth-order valence-electron chi connectivity index (χ4n) is 2.38. The molecule has 0 aliphatic heterocycles. The SMILES string of the molecule is CC(Nc1nc(CC(=O)O)cs1)C1CCCC1. The van der Waals surface area contributed by atoms with Gasteiger partial charge in [0.05, 0.1) is 12.1 Å². The van der Waals surface area contributed by atoms with Gasteiger partial charge in [-0.3, -0.25) is 4.79 Å². The van der Waals surface area contributed by atoms with E-state index in [-0.39, 0.29) is 6.42 Å². The van der Waals surface area contributed by atoms with Crippen LogP contribution in [-0.4, -0.2) is 22.1 Å². The molecule has 1 atom stereocenters. The zero-order chi connectivity index (χ0) is 12.3. The number of hydrogen-bond donors (Lipinski definition) is 2. The van der Waals surface area contributed by atoms with Crippen LogP contribution in [0.3, 0.4) is 0 Å². The number of aromatic nitrogens is 1. The smallest absolute Gasteiger partial charge is 0.309 e. The Morgan fingerprint density at radius 3 is 3.00 bits per heavy atom. The van der Waals surface area contributed by atoms with E-state index in [1.807, 2.05) is 5.38 Å². The van der Waals surface area contributed by atoms with E-state index in [0.29, 0.717) is 11.7 Å². The van der Waals surface area contributed by atoms with Gasteiger partial charge in [0.2, 0.25) is 0 Å². The molecule has 17 heavy (non-hydrogen) atoms. The van der Waals surface area contributed by atoms with E-state index >= 15 is 0 Å². The summed E-state index contributed by atoms with van der Waals surface area (Å²) in [5, 5.41) is 14.7. The highest BCUT2D eigenvalue weighted by Gasteiger charge is 2.22. The van der Waals surface area contributed by atoms with Crippen molar-refractivity contribution in [3.05, 3.63) is 11.1 Å². The molecule has 0 bridgehead atoms. The van der Waals surface area contributed by atoms with Gasteiger partial charge in [0, 0.05) is 11.4 Å². The average molecular weight is 254 g/mol. The number of carbonyl (C=O) groups is 1. The van der Waals surface area contributed by atoms with E-state index in [9.17, 15) is 4.79 Å². The molecule has 0 saturated heterocycles. The van der Waals surface area contributed by atoms with Crippen LogP contribution in [0.25, 0.3) is 0 Å². The zero-order valence-corrected chi connectivity index (χ0v) is 10.8. The number of hydrogen-bond acceptors (Lipinski definition) is 4. The molecule has 1 fully saturated rings. The van der Waals surface area contributed by atoms with E-state index in [1.165, 1.54) is 37.0 Å². The number of aliphatic carboxylic acids is 1. The predicted molar refractivity (Wildman–Crippen MR) is 68.5 cm³/mol. The molecular weight excluding hydrogens is 236 g/mol. The van der Waals surface area contributed by atoms with Crippen LogP contribution in [0.15, 0.2) is 5.38 Å². The molecular formula is C12H18N2O2S. The molecule has 4 nitrogen and oxygen atoms in total. The van der Waals surface area contributed by atoms with E-state index in [1.54, 1.807) is 0 Å². The summed E-state index contributed by atoms with van der Waals surface area (Å²) < 4.78 is 0. The molecule has 1 unspecified atom stereocenters. The van der Waals surface area contributed by atoms with E-state index in [4.69, 9.17) is 5.11 Å². The molecule has 1 aromatic heterocycles. The Hall–Kier alpha value is -1.10. The Balaban J connectivity index is 1.89. The fourth-order valence-corrected chi connectivity index (χ4v) is 3.19. The maximum absolute atomic E-state index is 10.6. The second-order valence-corrected chi connectivity index (χ2v) is 5.55. The summed E-state index contributed by atoms with van der Waals surface area (Å²) in [6.45, 7) is 2.19. The Morgan fingerprint density at radius 2 is 2.35 bits per heavy atom. The molecule has 1 aliphatic carbocycles. The normalized spacial score (nSPS) is 18.2. The second-order valence-electron chi connectivity index (χ2n) is 4.69. The van der Waals surface area contributed by atoms with Gasteiger partial charge in [-0.2, -0.15) is 0 Å². The van der Waals surface area contributed by atoms with Crippen molar-refractivity contribution in [1.29, 1.82) is 0 Å². The van der Waals surface area contributed by atoms with Crippen LogP contribution in [0.4, 0.5) is 5.13 Å². The second kappa shape index (κ2) is 5.49.